The number of fused-ring (bicyclic) bond motifs is 1. The Bertz CT molecular complexity index is 1500. The molecule has 4 rings (SSSR count). The molecule has 9 nitrogen and oxygen atoms in total. The number of nitrogens with zero attached hydrogens (tertiary/aromatic N) is 1. The lowest BCUT2D eigenvalue weighted by Crippen LogP contribution is -2.42. The molecule has 43 heavy (non-hydrogen) atoms. The second kappa shape index (κ2) is 14.0. The average Bonchev–Trinajstić information content (AvgIpc) is 3.64. The van der Waals surface area contributed by atoms with E-state index in [0.29, 0.717) is 17.1 Å². The first-order valence-corrected chi connectivity index (χ1v) is 14.2. The van der Waals surface area contributed by atoms with Gasteiger partial charge >= 0.3 is 0 Å². The van der Waals surface area contributed by atoms with Gasteiger partial charge in [-0.25, -0.2) is 0 Å². The molecule has 1 aromatic heterocycles. The highest BCUT2D eigenvalue weighted by atomic mass is 16.7. The molecular weight excluding hydrogens is 548 g/mol. The molecule has 1 aliphatic rings. The number of methoxy groups -OCH3 is 3. The number of phenolic OH excluding ortho intramolecular Hbond substituents is 1. The Kier molecular flexibility index (Phi) is 10.2. The Labute approximate surface area is 253 Å². The molecule has 1 amide bonds. The van der Waals surface area contributed by atoms with Crippen molar-refractivity contribution in [1.29, 1.82) is 0 Å². The Hall–Kier alpha value is -4.63. The second-order valence-corrected chi connectivity index (χ2v) is 10.2. The molecule has 3 aromatic rings. The highest BCUT2D eigenvalue weighted by Gasteiger charge is 2.36. The van der Waals surface area contributed by atoms with E-state index in [1.165, 1.54) is 14.2 Å². The number of carbonyl (C=O) groups excluding carboxylic acids is 1. The Morgan fingerprint density at radius 1 is 1.07 bits per heavy atom. The van der Waals surface area contributed by atoms with Crippen molar-refractivity contribution in [2.45, 2.75) is 52.8 Å². The van der Waals surface area contributed by atoms with Gasteiger partial charge in [0.05, 0.1) is 40.2 Å². The van der Waals surface area contributed by atoms with Gasteiger partial charge in [0.2, 0.25) is 5.75 Å². The van der Waals surface area contributed by atoms with E-state index < -0.39 is 6.10 Å². The third kappa shape index (κ3) is 6.73. The molecule has 9 heteroatoms. The minimum atomic E-state index is -0.999. The van der Waals surface area contributed by atoms with Gasteiger partial charge in [0.25, 0.3) is 5.91 Å². The highest BCUT2D eigenvalue weighted by Crippen LogP contribution is 2.47. The maximum atomic E-state index is 14.0. The van der Waals surface area contributed by atoms with Crippen molar-refractivity contribution in [1.82, 2.24) is 10.4 Å². The molecule has 2 unspecified atom stereocenters. The van der Waals surface area contributed by atoms with Gasteiger partial charge < -0.3 is 29.1 Å². The van der Waals surface area contributed by atoms with Crippen LogP contribution in [-0.2, 0) is 16.2 Å². The summed E-state index contributed by atoms with van der Waals surface area (Å²) in [5, 5.41) is 15.2. The van der Waals surface area contributed by atoms with E-state index in [4.69, 9.17) is 23.5 Å². The number of hydrogen-bond acceptors (Lipinski definition) is 8. The van der Waals surface area contributed by atoms with Gasteiger partial charge in [0, 0.05) is 11.8 Å². The lowest BCUT2D eigenvalue weighted by molar-refractivity contribution is -0.178. The summed E-state index contributed by atoms with van der Waals surface area (Å²) in [6, 6.07) is 12.9. The minimum absolute atomic E-state index is 0.00982. The number of ether oxygens (including phenoxy) is 3. The summed E-state index contributed by atoms with van der Waals surface area (Å²) in [6.07, 6.45) is 7.08. The van der Waals surface area contributed by atoms with Gasteiger partial charge in [0.1, 0.15) is 11.5 Å². The molecule has 2 aromatic carbocycles. The van der Waals surface area contributed by atoms with Gasteiger partial charge in [-0.3, -0.25) is 14.7 Å². The van der Waals surface area contributed by atoms with E-state index in [-0.39, 0.29) is 35.7 Å². The van der Waals surface area contributed by atoms with Crippen molar-refractivity contribution in [2.24, 2.45) is 0 Å². The lowest BCUT2D eigenvalue weighted by atomic mass is 9.99. The zero-order valence-corrected chi connectivity index (χ0v) is 25.8. The maximum Gasteiger partial charge on any atom is 0.256 e. The molecule has 0 aliphatic heterocycles. The van der Waals surface area contributed by atoms with Crippen LogP contribution in [0.25, 0.3) is 17.2 Å². The number of amides is 1. The lowest BCUT2D eigenvalue weighted by Gasteiger charge is -2.31. The summed E-state index contributed by atoms with van der Waals surface area (Å²) in [4.78, 5) is 20.5. The maximum absolute atomic E-state index is 14.0. The fourth-order valence-corrected chi connectivity index (χ4v) is 4.99. The van der Waals surface area contributed by atoms with E-state index in [1.54, 1.807) is 36.6 Å². The van der Waals surface area contributed by atoms with Crippen LogP contribution in [0.1, 0.15) is 56.6 Å². The third-order valence-corrected chi connectivity index (χ3v) is 7.49. The Balaban J connectivity index is 1.89. The molecule has 0 radical (unpaired) electrons. The number of phenols is 1. The first-order valence-electron chi connectivity index (χ1n) is 14.2. The van der Waals surface area contributed by atoms with Crippen LogP contribution in [0.4, 0.5) is 0 Å². The molecule has 2 N–H and O–H groups in total. The summed E-state index contributed by atoms with van der Waals surface area (Å²) in [6.45, 7) is 8.21. The Morgan fingerprint density at radius 2 is 1.79 bits per heavy atom. The van der Waals surface area contributed by atoms with Crippen LogP contribution in [0, 0.1) is 0 Å². The van der Waals surface area contributed by atoms with Crippen LogP contribution >= 0.6 is 0 Å². The van der Waals surface area contributed by atoms with E-state index in [9.17, 15) is 9.90 Å². The zero-order chi connectivity index (χ0) is 31.1. The predicted octanol–water partition coefficient (Wildman–Crippen LogP) is 6.59. The van der Waals surface area contributed by atoms with E-state index in [2.05, 4.69) is 12.2 Å². The highest BCUT2D eigenvalue weighted by molar-refractivity contribution is 6.10. The predicted molar refractivity (Wildman–Crippen MR) is 167 cm³/mol. The normalized spacial score (nSPS) is 15.0. The van der Waals surface area contributed by atoms with Gasteiger partial charge in [-0.15, -0.1) is 0 Å². The van der Waals surface area contributed by atoms with Crippen LogP contribution in [0.2, 0.25) is 0 Å². The van der Waals surface area contributed by atoms with E-state index >= 15 is 0 Å². The van der Waals surface area contributed by atoms with Crippen molar-refractivity contribution in [3.05, 3.63) is 89.0 Å². The number of hydroxylamine groups is 2. The van der Waals surface area contributed by atoms with Crippen LogP contribution in [0.15, 0.2) is 71.0 Å². The summed E-state index contributed by atoms with van der Waals surface area (Å²) >= 11 is 0. The van der Waals surface area contributed by atoms with Gasteiger partial charge in [0.15, 0.2) is 17.6 Å². The molecule has 2 atom stereocenters. The molecule has 1 heterocycles. The number of carbonyl (C=O) groups is 1. The molecule has 0 saturated carbocycles. The van der Waals surface area contributed by atoms with Crippen molar-refractivity contribution < 1.29 is 33.4 Å². The number of nitrogens with one attached hydrogen (secondary N) is 1. The fourth-order valence-electron chi connectivity index (χ4n) is 4.99. The van der Waals surface area contributed by atoms with Crippen molar-refractivity contribution >= 4 is 23.1 Å². The van der Waals surface area contributed by atoms with Crippen molar-refractivity contribution in [2.75, 3.05) is 21.3 Å². The van der Waals surface area contributed by atoms with E-state index in [0.717, 1.165) is 34.3 Å². The first-order chi connectivity index (χ1) is 20.8. The summed E-state index contributed by atoms with van der Waals surface area (Å²) in [5.74, 6) is 1.47. The second-order valence-electron chi connectivity index (χ2n) is 10.2. The minimum Gasteiger partial charge on any atom is -0.502 e. The quantitative estimate of drug-likeness (QED) is 0.216. The van der Waals surface area contributed by atoms with Crippen LogP contribution in [0.5, 0.6) is 23.0 Å². The molecule has 0 bridgehead atoms. The Morgan fingerprint density at radius 3 is 2.37 bits per heavy atom. The van der Waals surface area contributed by atoms with Crippen LogP contribution in [0.3, 0.4) is 0 Å². The number of benzene rings is 2. The SMILES string of the molecule is C/C=C\N(OC(C(=O)NCc1ccco1)C1=C(C)/C(=C/c2cc(OC)c(O)c(OC)c2)c2ccc(OC)cc21)C(C)CC. The topological polar surface area (TPSA) is 103 Å². The van der Waals surface area contributed by atoms with Crippen LogP contribution in [-0.4, -0.2) is 49.6 Å². The van der Waals surface area contributed by atoms with Crippen molar-refractivity contribution in [3.63, 3.8) is 0 Å². The fraction of sp³-hybridized carbons (Fsp3) is 0.324. The average molecular weight is 589 g/mol. The molecular formula is C34H40N2O7. The molecule has 0 saturated heterocycles. The summed E-state index contributed by atoms with van der Waals surface area (Å²) in [7, 11) is 4.59. The van der Waals surface area contributed by atoms with Crippen molar-refractivity contribution in [3.8, 4) is 23.0 Å². The first kappa shape index (κ1) is 31.3. The number of aromatic hydroxyl groups is 1. The van der Waals surface area contributed by atoms with Gasteiger partial charge in [-0.2, -0.15) is 0 Å². The molecule has 0 spiro atoms. The molecule has 1 aliphatic carbocycles. The molecule has 228 valence electrons. The monoisotopic (exact) mass is 588 g/mol. The number of allylic oxidation sites excluding steroid dienone is 3. The largest absolute Gasteiger partial charge is 0.502 e. The number of furan rings is 1. The third-order valence-electron chi connectivity index (χ3n) is 7.49. The smallest absolute Gasteiger partial charge is 0.256 e. The summed E-state index contributed by atoms with van der Waals surface area (Å²) in [5.41, 5.74) is 4.94. The van der Waals surface area contributed by atoms with E-state index in [1.807, 2.05) is 63.4 Å². The molecule has 0 fully saturated rings. The van der Waals surface area contributed by atoms with Gasteiger partial charge in [-0.05, 0) is 97.5 Å². The standard InChI is InChI=1S/C34H40N2O7/c1-8-14-36(21(3)9-2)43-33(34(38)35-20-25-11-10-15-42-25)31-22(4)27(26-13-12-24(39-5)19-28(26)31)16-23-17-29(40-6)32(37)30(18-23)41-7/h8,10-19,21,33,37H,9,20H2,1-7H3,(H,35,38)/b14-8-,27-16-. The number of hydrogen-bond donors (Lipinski definition) is 2. The number of rotatable bonds is 13. The summed E-state index contributed by atoms with van der Waals surface area (Å²) < 4.78 is 21.8. The van der Waals surface area contributed by atoms with Crippen LogP contribution < -0.4 is 19.5 Å². The zero-order valence-electron chi connectivity index (χ0n) is 25.8. The van der Waals surface area contributed by atoms with Gasteiger partial charge in [-0.1, -0.05) is 19.1 Å².